The fourth-order valence-corrected chi connectivity index (χ4v) is 6.19. The molecule has 5 rings (SSSR count). The van der Waals surface area contributed by atoms with E-state index in [0.717, 1.165) is 68.8 Å². The third-order valence-corrected chi connectivity index (χ3v) is 8.58. The minimum Gasteiger partial charge on any atom is -0.481 e. The van der Waals surface area contributed by atoms with Crippen molar-refractivity contribution in [3.63, 3.8) is 0 Å². The summed E-state index contributed by atoms with van der Waals surface area (Å²) >= 11 is 0. The van der Waals surface area contributed by atoms with Crippen LogP contribution in [0.5, 0.6) is 0 Å². The summed E-state index contributed by atoms with van der Waals surface area (Å²) in [7, 11) is 0. The summed E-state index contributed by atoms with van der Waals surface area (Å²) in [4.78, 5) is 29.1. The first-order valence-corrected chi connectivity index (χ1v) is 13.8. The van der Waals surface area contributed by atoms with Gasteiger partial charge in [-0.2, -0.15) is 0 Å². The first-order chi connectivity index (χ1) is 18.1. The lowest BCUT2D eigenvalue weighted by atomic mass is 9.86. The summed E-state index contributed by atoms with van der Waals surface area (Å²) in [6.45, 7) is 15.1. The van der Waals surface area contributed by atoms with Crippen molar-refractivity contribution in [1.82, 2.24) is 19.9 Å². The highest BCUT2D eigenvalue weighted by Crippen LogP contribution is 2.42. The van der Waals surface area contributed by atoms with Crippen LogP contribution < -0.4 is 0 Å². The molecule has 6 heteroatoms. The summed E-state index contributed by atoms with van der Waals surface area (Å²) < 4.78 is 0. The molecule has 0 saturated heterocycles. The lowest BCUT2D eigenvalue weighted by molar-refractivity contribution is -0.137. The molecule has 198 valence electrons. The van der Waals surface area contributed by atoms with Crippen molar-refractivity contribution in [2.75, 3.05) is 0 Å². The number of aliphatic carboxylic acids is 1. The quantitative estimate of drug-likeness (QED) is 0.328. The van der Waals surface area contributed by atoms with E-state index in [2.05, 4.69) is 82.7 Å². The SMILES string of the molecule is CCc1c(C)c2cc3[nH]c(cc4nc(c(C)c5nc(cc1[nH]2)C(C)=C5)[C@@H](CCC(=O)O)[C@@H]4C)c(C)c3CC. The zero-order valence-electron chi connectivity index (χ0n) is 23.5. The Morgan fingerprint density at radius 1 is 0.868 bits per heavy atom. The number of aromatic nitrogens is 4. The van der Waals surface area contributed by atoms with E-state index in [9.17, 15) is 9.90 Å². The molecule has 2 aliphatic heterocycles. The van der Waals surface area contributed by atoms with Gasteiger partial charge in [-0.1, -0.05) is 20.8 Å². The van der Waals surface area contributed by atoms with Crippen LogP contribution in [0, 0.1) is 20.8 Å². The van der Waals surface area contributed by atoms with Crippen LogP contribution in [0.1, 0.15) is 103 Å². The first kappa shape index (κ1) is 26.0. The second-order valence-corrected chi connectivity index (χ2v) is 10.8. The van der Waals surface area contributed by atoms with E-state index >= 15 is 0 Å². The zero-order valence-corrected chi connectivity index (χ0v) is 23.5. The molecule has 5 heterocycles. The highest BCUT2D eigenvalue weighted by Gasteiger charge is 2.31. The van der Waals surface area contributed by atoms with Gasteiger partial charge in [0.25, 0.3) is 0 Å². The Kier molecular flexibility index (Phi) is 6.76. The van der Waals surface area contributed by atoms with Crippen molar-refractivity contribution in [2.24, 2.45) is 0 Å². The zero-order chi connectivity index (χ0) is 27.3. The number of aryl methyl sites for hydroxylation is 4. The second kappa shape index (κ2) is 9.90. The molecule has 2 aliphatic rings. The number of hydrogen-bond donors (Lipinski definition) is 3. The molecule has 8 bridgehead atoms. The molecule has 0 spiro atoms. The van der Waals surface area contributed by atoms with Crippen LogP contribution in [0.4, 0.5) is 0 Å². The molecule has 0 saturated carbocycles. The lowest BCUT2D eigenvalue weighted by Gasteiger charge is -2.16. The van der Waals surface area contributed by atoms with Gasteiger partial charge in [-0.05, 0) is 105 Å². The molecule has 2 atom stereocenters. The second-order valence-electron chi connectivity index (χ2n) is 10.8. The van der Waals surface area contributed by atoms with E-state index in [1.807, 2.05) is 0 Å². The van der Waals surface area contributed by atoms with Crippen molar-refractivity contribution in [3.8, 4) is 0 Å². The van der Waals surface area contributed by atoms with E-state index < -0.39 is 5.97 Å². The number of carboxylic acids is 1. The average Bonchev–Trinajstić information content (AvgIpc) is 3.57. The number of fused-ring (bicyclic) bond motifs is 8. The summed E-state index contributed by atoms with van der Waals surface area (Å²) in [5.74, 6) is -0.634. The van der Waals surface area contributed by atoms with Gasteiger partial charge >= 0.3 is 5.97 Å². The lowest BCUT2D eigenvalue weighted by Crippen LogP contribution is -2.07. The van der Waals surface area contributed by atoms with Gasteiger partial charge in [-0.15, -0.1) is 0 Å². The van der Waals surface area contributed by atoms with Crippen LogP contribution in [0.3, 0.4) is 0 Å². The van der Waals surface area contributed by atoms with Crippen molar-refractivity contribution >= 4 is 39.7 Å². The van der Waals surface area contributed by atoms with Crippen LogP contribution in [-0.4, -0.2) is 31.0 Å². The fourth-order valence-electron chi connectivity index (χ4n) is 6.19. The molecule has 0 amide bonds. The van der Waals surface area contributed by atoms with Gasteiger partial charge in [0.15, 0.2) is 0 Å². The molecule has 3 aromatic heterocycles. The summed E-state index contributed by atoms with van der Waals surface area (Å²) in [6.07, 6.45) is 4.66. The number of nitrogens with zero attached hydrogens (tertiary/aromatic N) is 2. The number of carboxylic acid groups (broad SMARTS) is 1. The van der Waals surface area contributed by atoms with Gasteiger partial charge in [-0.3, -0.25) is 9.78 Å². The number of aromatic amines is 2. The van der Waals surface area contributed by atoms with Crippen LogP contribution >= 0.6 is 0 Å². The van der Waals surface area contributed by atoms with Crippen molar-refractivity contribution < 1.29 is 9.90 Å². The molecule has 0 radical (unpaired) electrons. The number of hydrogen-bond acceptors (Lipinski definition) is 3. The minimum absolute atomic E-state index is 0.0318. The van der Waals surface area contributed by atoms with Crippen LogP contribution in [0.15, 0.2) is 18.2 Å². The maximum Gasteiger partial charge on any atom is 0.303 e. The van der Waals surface area contributed by atoms with Gasteiger partial charge in [0.2, 0.25) is 0 Å². The Labute approximate surface area is 224 Å². The van der Waals surface area contributed by atoms with Crippen molar-refractivity contribution in [1.29, 1.82) is 0 Å². The van der Waals surface area contributed by atoms with E-state index in [4.69, 9.17) is 9.97 Å². The summed E-state index contributed by atoms with van der Waals surface area (Å²) in [5, 5.41) is 9.44. The largest absolute Gasteiger partial charge is 0.481 e. The van der Waals surface area contributed by atoms with E-state index in [0.29, 0.717) is 6.42 Å². The topological polar surface area (TPSA) is 94.7 Å². The van der Waals surface area contributed by atoms with Crippen LogP contribution in [0.2, 0.25) is 0 Å². The van der Waals surface area contributed by atoms with Crippen molar-refractivity contribution in [2.45, 2.75) is 86.0 Å². The maximum absolute atomic E-state index is 11.5. The molecule has 6 nitrogen and oxygen atoms in total. The average molecular weight is 511 g/mol. The van der Waals surface area contributed by atoms with E-state index in [1.165, 1.54) is 22.3 Å². The van der Waals surface area contributed by atoms with E-state index in [1.54, 1.807) is 0 Å². The fraction of sp³-hybridized carbons (Fsp3) is 0.406. The van der Waals surface area contributed by atoms with Crippen LogP contribution in [-0.2, 0) is 17.6 Å². The molecule has 38 heavy (non-hydrogen) atoms. The number of rotatable bonds is 5. The normalized spacial score (nSPS) is 17.1. The Morgan fingerprint density at radius 3 is 2.08 bits per heavy atom. The standard InChI is InChI=1S/C32H38N4O2/c1-8-21-18(5)27-15-30-22(9-2)17(4)26(34-30)14-28-19(6)23(10-11-31(37)38)32(36-28)20(7)25-12-16(3)24(33-25)13-29(21)35-27/h12-15,19,23,34-35H,8-11H2,1-7H3,(H,37,38)/t19-,23-/m0/s1. The van der Waals surface area contributed by atoms with Crippen molar-refractivity contribution in [3.05, 3.63) is 68.8 Å². The number of nitrogens with one attached hydrogen (secondary N) is 2. The molecule has 0 unspecified atom stereocenters. The highest BCUT2D eigenvalue weighted by atomic mass is 16.4. The number of allylic oxidation sites excluding steroid dienone is 1. The predicted octanol–water partition coefficient (Wildman–Crippen LogP) is 7.68. The van der Waals surface area contributed by atoms with Gasteiger partial charge in [0.1, 0.15) is 0 Å². The smallest absolute Gasteiger partial charge is 0.303 e. The Bertz CT molecular complexity index is 1640. The Balaban J connectivity index is 1.92. The highest BCUT2D eigenvalue weighted by molar-refractivity contribution is 5.85. The van der Waals surface area contributed by atoms with Gasteiger partial charge in [-0.25, -0.2) is 4.98 Å². The third-order valence-electron chi connectivity index (χ3n) is 8.58. The minimum atomic E-state index is -0.774. The molecule has 3 N–H and O–H groups in total. The van der Waals surface area contributed by atoms with Crippen LogP contribution in [0.25, 0.3) is 33.7 Å². The molecule has 3 aromatic rings. The van der Waals surface area contributed by atoms with Gasteiger partial charge in [0, 0.05) is 51.7 Å². The number of carbonyl (C=O) groups is 1. The summed E-state index contributed by atoms with van der Waals surface area (Å²) in [5.41, 5.74) is 15.5. The number of H-pyrrole nitrogens is 2. The Hall–Kier alpha value is -3.67. The third kappa shape index (κ3) is 4.36. The van der Waals surface area contributed by atoms with E-state index in [-0.39, 0.29) is 18.3 Å². The molecular formula is C32H38N4O2. The molecule has 0 aromatic carbocycles. The Morgan fingerprint density at radius 2 is 1.47 bits per heavy atom. The molecular weight excluding hydrogens is 472 g/mol. The summed E-state index contributed by atoms with van der Waals surface area (Å²) in [6, 6.07) is 6.58. The molecule has 0 fully saturated rings. The predicted molar refractivity (Wildman–Crippen MR) is 156 cm³/mol. The maximum atomic E-state index is 11.5. The molecule has 0 aliphatic carbocycles. The monoisotopic (exact) mass is 510 g/mol. The first-order valence-electron chi connectivity index (χ1n) is 13.8. The van der Waals surface area contributed by atoms with Gasteiger partial charge in [0.05, 0.1) is 11.4 Å². The van der Waals surface area contributed by atoms with Gasteiger partial charge < -0.3 is 15.1 Å².